The van der Waals surface area contributed by atoms with Crippen LogP contribution in [0.3, 0.4) is 0 Å². The molecule has 1 aromatic heterocycles. The highest BCUT2D eigenvalue weighted by molar-refractivity contribution is 6.32. The first-order valence-corrected chi connectivity index (χ1v) is 6.46. The number of methoxy groups -OCH3 is 1. The molecule has 106 valence electrons. The van der Waals surface area contributed by atoms with Gasteiger partial charge in [-0.2, -0.15) is 5.10 Å². The Hall–Kier alpha value is -2.01. The first-order chi connectivity index (χ1) is 9.65. The molecule has 0 radical (unpaired) electrons. The molecule has 0 amide bonds. The number of carbonyl (C=O) groups is 1. The highest BCUT2D eigenvalue weighted by Crippen LogP contribution is 2.36. The second kappa shape index (κ2) is 6.43. The first-order valence-electron chi connectivity index (χ1n) is 6.08. The number of aryl methyl sites for hydroxylation is 1. The van der Waals surface area contributed by atoms with Crippen molar-refractivity contribution in [1.29, 1.82) is 0 Å². The maximum absolute atomic E-state index is 10.8. The van der Waals surface area contributed by atoms with Crippen molar-refractivity contribution in [3.63, 3.8) is 0 Å². The van der Waals surface area contributed by atoms with Crippen molar-refractivity contribution in [3.8, 4) is 11.5 Å². The van der Waals surface area contributed by atoms with Gasteiger partial charge in [0.05, 0.1) is 18.7 Å². The minimum absolute atomic E-state index is 0.358. The minimum atomic E-state index is 0.358. The molecule has 0 saturated carbocycles. The van der Waals surface area contributed by atoms with Crippen LogP contribution in [0, 0.1) is 0 Å². The molecule has 0 saturated heterocycles. The van der Waals surface area contributed by atoms with E-state index >= 15 is 0 Å². The number of aromatic nitrogens is 2. The van der Waals surface area contributed by atoms with Crippen molar-refractivity contribution in [1.82, 2.24) is 9.78 Å². The number of halogens is 1. The fourth-order valence-corrected chi connectivity index (χ4v) is 2.13. The molecule has 0 aliphatic rings. The zero-order chi connectivity index (χ0) is 14.5. The second-order valence-electron chi connectivity index (χ2n) is 4.20. The first kappa shape index (κ1) is 14.4. The molecule has 0 unspecified atom stereocenters. The Bertz CT molecular complexity index is 610. The molecule has 5 nitrogen and oxygen atoms in total. The summed E-state index contributed by atoms with van der Waals surface area (Å²) in [4.78, 5) is 10.8. The van der Waals surface area contributed by atoms with Crippen molar-refractivity contribution < 1.29 is 14.3 Å². The summed E-state index contributed by atoms with van der Waals surface area (Å²) in [5, 5.41) is 4.45. The molecule has 0 aliphatic heterocycles. The van der Waals surface area contributed by atoms with E-state index in [1.807, 2.05) is 13.1 Å². The van der Waals surface area contributed by atoms with E-state index in [1.54, 1.807) is 23.0 Å². The number of carbonyl (C=O) groups excluding carboxylic acids is 1. The van der Waals surface area contributed by atoms with Crippen LogP contribution in [0.4, 0.5) is 0 Å². The van der Waals surface area contributed by atoms with Gasteiger partial charge in [-0.05, 0) is 18.2 Å². The lowest BCUT2D eigenvalue weighted by molar-refractivity contribution is 0.112. The molecule has 0 aliphatic carbocycles. The topological polar surface area (TPSA) is 53.4 Å². The zero-order valence-corrected chi connectivity index (χ0v) is 12.1. The quantitative estimate of drug-likeness (QED) is 0.768. The van der Waals surface area contributed by atoms with E-state index in [2.05, 4.69) is 5.10 Å². The van der Waals surface area contributed by atoms with Crippen LogP contribution in [-0.4, -0.2) is 29.8 Å². The van der Waals surface area contributed by atoms with Crippen molar-refractivity contribution in [2.24, 2.45) is 7.05 Å². The summed E-state index contributed by atoms with van der Waals surface area (Å²) in [7, 11) is 3.38. The van der Waals surface area contributed by atoms with E-state index in [-0.39, 0.29) is 0 Å². The molecule has 1 aromatic carbocycles. The van der Waals surface area contributed by atoms with Gasteiger partial charge in [0.1, 0.15) is 6.29 Å². The maximum atomic E-state index is 10.8. The summed E-state index contributed by atoms with van der Waals surface area (Å²) in [6.45, 7) is 0.441. The predicted molar refractivity (Wildman–Crippen MR) is 75.8 cm³/mol. The Morgan fingerprint density at radius 1 is 1.45 bits per heavy atom. The van der Waals surface area contributed by atoms with Gasteiger partial charge in [-0.25, -0.2) is 0 Å². The number of hydrogen-bond donors (Lipinski definition) is 0. The number of rotatable bonds is 6. The Morgan fingerprint density at radius 2 is 2.25 bits per heavy atom. The van der Waals surface area contributed by atoms with Gasteiger partial charge in [0, 0.05) is 30.9 Å². The molecule has 0 N–H and O–H groups in total. The Balaban J connectivity index is 2.09. The Kier molecular flexibility index (Phi) is 4.63. The van der Waals surface area contributed by atoms with E-state index in [4.69, 9.17) is 21.1 Å². The van der Waals surface area contributed by atoms with Crippen molar-refractivity contribution >= 4 is 17.9 Å². The molecule has 6 heteroatoms. The number of nitrogens with zero attached hydrogens (tertiary/aromatic N) is 2. The lowest BCUT2D eigenvalue weighted by Gasteiger charge is -2.13. The monoisotopic (exact) mass is 294 g/mol. The maximum Gasteiger partial charge on any atom is 0.179 e. The van der Waals surface area contributed by atoms with Crippen LogP contribution in [0.5, 0.6) is 11.5 Å². The normalized spacial score (nSPS) is 10.3. The van der Waals surface area contributed by atoms with Crippen molar-refractivity contribution in [2.45, 2.75) is 6.42 Å². The predicted octanol–water partition coefficient (Wildman–Crippen LogP) is 2.52. The molecular weight excluding hydrogens is 280 g/mol. The van der Waals surface area contributed by atoms with Gasteiger partial charge in [0.2, 0.25) is 0 Å². The standard InChI is InChI=1S/C14H15ClN2O3/c1-17-11(3-5-16-17)4-6-20-14-12(15)7-10(9-18)8-13(14)19-2/h3,5,7-9H,4,6H2,1-2H3. The summed E-state index contributed by atoms with van der Waals surface area (Å²) in [6, 6.07) is 5.08. The largest absolute Gasteiger partial charge is 0.493 e. The molecule has 2 rings (SSSR count). The molecular formula is C14H15ClN2O3. The van der Waals surface area contributed by atoms with Gasteiger partial charge in [-0.3, -0.25) is 9.48 Å². The molecule has 0 spiro atoms. The smallest absolute Gasteiger partial charge is 0.179 e. The molecule has 0 atom stereocenters. The van der Waals surface area contributed by atoms with Gasteiger partial charge in [-0.15, -0.1) is 0 Å². The summed E-state index contributed by atoms with van der Waals surface area (Å²) in [5.74, 6) is 0.895. The van der Waals surface area contributed by atoms with Crippen molar-refractivity contribution in [3.05, 3.63) is 40.7 Å². The van der Waals surface area contributed by atoms with Gasteiger partial charge in [-0.1, -0.05) is 11.6 Å². The fraction of sp³-hybridized carbons (Fsp3) is 0.286. The molecule has 2 aromatic rings. The van der Waals surface area contributed by atoms with Crippen LogP contribution < -0.4 is 9.47 Å². The van der Waals surface area contributed by atoms with Gasteiger partial charge < -0.3 is 9.47 Å². The number of benzene rings is 1. The van der Waals surface area contributed by atoms with Crippen LogP contribution in [0.15, 0.2) is 24.4 Å². The molecule has 20 heavy (non-hydrogen) atoms. The average Bonchev–Trinajstić information content (AvgIpc) is 2.85. The Morgan fingerprint density at radius 3 is 2.85 bits per heavy atom. The van der Waals surface area contributed by atoms with Gasteiger partial charge >= 0.3 is 0 Å². The van der Waals surface area contributed by atoms with Crippen molar-refractivity contribution in [2.75, 3.05) is 13.7 Å². The second-order valence-corrected chi connectivity index (χ2v) is 4.60. The highest BCUT2D eigenvalue weighted by Gasteiger charge is 2.12. The molecule has 1 heterocycles. The van der Waals surface area contributed by atoms with E-state index in [0.717, 1.165) is 5.69 Å². The number of aldehydes is 1. The third-order valence-electron chi connectivity index (χ3n) is 2.91. The van der Waals surface area contributed by atoms with E-state index < -0.39 is 0 Å². The third kappa shape index (κ3) is 3.11. The highest BCUT2D eigenvalue weighted by atomic mass is 35.5. The SMILES string of the molecule is COc1cc(C=O)cc(Cl)c1OCCc1ccnn1C. The fourth-order valence-electron chi connectivity index (χ4n) is 1.85. The van der Waals surface area contributed by atoms with Crippen LogP contribution in [0.2, 0.25) is 5.02 Å². The number of hydrogen-bond acceptors (Lipinski definition) is 4. The van der Waals surface area contributed by atoms with Gasteiger partial charge in [0.15, 0.2) is 11.5 Å². The van der Waals surface area contributed by atoms with E-state index in [9.17, 15) is 4.79 Å². The summed E-state index contributed by atoms with van der Waals surface area (Å²) >= 11 is 6.10. The number of ether oxygens (including phenoxy) is 2. The lowest BCUT2D eigenvalue weighted by atomic mass is 10.2. The third-order valence-corrected chi connectivity index (χ3v) is 3.20. The minimum Gasteiger partial charge on any atom is -0.493 e. The van der Waals surface area contributed by atoms with Crippen LogP contribution >= 0.6 is 11.6 Å². The summed E-state index contributed by atoms with van der Waals surface area (Å²) in [5.41, 5.74) is 1.51. The summed E-state index contributed by atoms with van der Waals surface area (Å²) < 4.78 is 12.7. The van der Waals surface area contributed by atoms with E-state index in [1.165, 1.54) is 7.11 Å². The zero-order valence-electron chi connectivity index (χ0n) is 11.3. The molecule has 0 bridgehead atoms. The Labute approximate surface area is 122 Å². The van der Waals surface area contributed by atoms with E-state index in [0.29, 0.717) is 41.4 Å². The van der Waals surface area contributed by atoms with Crippen LogP contribution in [-0.2, 0) is 13.5 Å². The molecule has 0 fully saturated rings. The lowest BCUT2D eigenvalue weighted by Crippen LogP contribution is -2.07. The van der Waals surface area contributed by atoms with Gasteiger partial charge in [0.25, 0.3) is 0 Å². The average molecular weight is 295 g/mol. The van der Waals surface area contributed by atoms with Crippen LogP contribution in [0.1, 0.15) is 16.1 Å². The van der Waals surface area contributed by atoms with Crippen LogP contribution in [0.25, 0.3) is 0 Å². The summed E-state index contributed by atoms with van der Waals surface area (Å²) in [6.07, 6.45) is 3.15.